The average molecular weight is 395 g/mol. The van der Waals surface area contributed by atoms with Crippen molar-refractivity contribution in [3.8, 4) is 5.75 Å². The maximum atomic E-state index is 6.16. The number of hydrogen-bond acceptors (Lipinski definition) is 2. The van der Waals surface area contributed by atoms with Crippen LogP contribution in [-0.2, 0) is 4.52 Å². The molecule has 3 heteroatoms. The lowest BCUT2D eigenvalue weighted by atomic mass is 10.1. The zero-order chi connectivity index (χ0) is 19.4. The summed E-state index contributed by atoms with van der Waals surface area (Å²) < 4.78 is 12.3. The van der Waals surface area contributed by atoms with E-state index in [4.69, 9.17) is 9.05 Å². The van der Waals surface area contributed by atoms with Gasteiger partial charge >= 0.3 is 0 Å². The first-order valence-electron chi connectivity index (χ1n) is 11.5. The molecule has 0 spiro atoms. The lowest BCUT2D eigenvalue weighted by Crippen LogP contribution is -2.00. The Hall–Kier alpha value is -0.590. The summed E-state index contributed by atoms with van der Waals surface area (Å²) in [6.45, 7) is 5.40. The van der Waals surface area contributed by atoms with Gasteiger partial charge in [-0.3, -0.25) is 0 Å². The Kier molecular flexibility index (Phi) is 17.0. The summed E-state index contributed by atoms with van der Waals surface area (Å²) in [7, 11) is -0.795. The molecule has 0 saturated heterocycles. The van der Waals surface area contributed by atoms with Crippen molar-refractivity contribution in [2.75, 3.05) is 12.8 Å². The average Bonchev–Trinajstić information content (AvgIpc) is 2.69. The van der Waals surface area contributed by atoms with Crippen molar-refractivity contribution in [1.82, 2.24) is 0 Å². The van der Waals surface area contributed by atoms with Gasteiger partial charge in [0, 0.05) is 6.16 Å². The molecule has 0 amide bonds. The Morgan fingerprint density at radius 3 is 1.74 bits per heavy atom. The van der Waals surface area contributed by atoms with Crippen LogP contribution < -0.4 is 4.52 Å². The number of rotatable bonds is 19. The van der Waals surface area contributed by atoms with Crippen LogP contribution in [0.15, 0.2) is 30.3 Å². The summed E-state index contributed by atoms with van der Waals surface area (Å²) in [5, 5.41) is 0. The van der Waals surface area contributed by atoms with Gasteiger partial charge in [0.2, 0.25) is 8.38 Å². The lowest BCUT2D eigenvalue weighted by Gasteiger charge is -2.18. The Balaban J connectivity index is 2.19. The summed E-state index contributed by atoms with van der Waals surface area (Å²) in [6.07, 6.45) is 19.7. The molecule has 27 heavy (non-hydrogen) atoms. The Labute approximate surface area is 170 Å². The van der Waals surface area contributed by atoms with Crippen molar-refractivity contribution in [2.45, 2.75) is 104 Å². The van der Waals surface area contributed by atoms with Gasteiger partial charge in [-0.25, -0.2) is 0 Å². The van der Waals surface area contributed by atoms with E-state index in [1.54, 1.807) is 0 Å². The molecule has 0 radical (unpaired) electrons. The van der Waals surface area contributed by atoms with Crippen LogP contribution in [0.1, 0.15) is 104 Å². The van der Waals surface area contributed by atoms with Crippen molar-refractivity contribution < 1.29 is 9.05 Å². The van der Waals surface area contributed by atoms with E-state index in [9.17, 15) is 0 Å². The van der Waals surface area contributed by atoms with Gasteiger partial charge in [0.1, 0.15) is 5.75 Å². The summed E-state index contributed by atoms with van der Waals surface area (Å²) in [5.41, 5.74) is 0. The van der Waals surface area contributed by atoms with Crippen molar-refractivity contribution in [1.29, 1.82) is 0 Å². The minimum absolute atomic E-state index is 0.795. The molecule has 0 aliphatic rings. The van der Waals surface area contributed by atoms with Crippen molar-refractivity contribution in [3.05, 3.63) is 30.3 Å². The molecular weight excluding hydrogens is 351 g/mol. The van der Waals surface area contributed by atoms with Crippen LogP contribution >= 0.6 is 8.38 Å². The Morgan fingerprint density at radius 2 is 1.15 bits per heavy atom. The summed E-state index contributed by atoms with van der Waals surface area (Å²) >= 11 is 0. The van der Waals surface area contributed by atoms with Gasteiger partial charge in [0.15, 0.2) is 0 Å². The predicted octanol–water partition coefficient (Wildman–Crippen LogP) is 8.90. The number of benzene rings is 1. The second-order valence-electron chi connectivity index (χ2n) is 7.54. The quantitative estimate of drug-likeness (QED) is 0.172. The highest BCUT2D eigenvalue weighted by Crippen LogP contribution is 2.40. The van der Waals surface area contributed by atoms with E-state index in [0.29, 0.717) is 0 Å². The molecule has 1 aromatic rings. The highest BCUT2D eigenvalue weighted by Gasteiger charge is 2.12. The van der Waals surface area contributed by atoms with Crippen LogP contribution in [0.2, 0.25) is 0 Å². The van der Waals surface area contributed by atoms with Gasteiger partial charge in [-0.1, -0.05) is 109 Å². The van der Waals surface area contributed by atoms with Crippen LogP contribution in [0, 0.1) is 0 Å². The van der Waals surface area contributed by atoms with Gasteiger partial charge in [-0.2, -0.15) is 0 Å². The molecule has 1 unspecified atom stereocenters. The zero-order valence-electron chi connectivity index (χ0n) is 18.0. The number of unbranched alkanes of at least 4 members (excludes halogenated alkanes) is 12. The molecule has 0 aliphatic heterocycles. The fourth-order valence-corrected chi connectivity index (χ4v) is 4.60. The van der Waals surface area contributed by atoms with Gasteiger partial charge < -0.3 is 9.05 Å². The predicted molar refractivity (Wildman–Crippen MR) is 121 cm³/mol. The third kappa shape index (κ3) is 15.1. The Bertz CT molecular complexity index is 410. The molecule has 0 aromatic heterocycles. The largest absolute Gasteiger partial charge is 0.447 e. The standard InChI is InChI=1S/C24H43O2P/c1-3-5-7-9-11-13-18-22-25-27(26-24-20-16-15-17-21-24)23-19-14-12-10-8-6-4-2/h15-17,20-21H,3-14,18-19,22-23H2,1-2H3. The van der Waals surface area contributed by atoms with E-state index in [1.165, 1.54) is 89.9 Å². The van der Waals surface area contributed by atoms with E-state index in [1.807, 2.05) is 30.3 Å². The molecule has 156 valence electrons. The second-order valence-corrected chi connectivity index (χ2v) is 9.09. The van der Waals surface area contributed by atoms with E-state index in [0.717, 1.165) is 18.5 Å². The molecular formula is C24H43O2P. The molecule has 0 fully saturated rings. The van der Waals surface area contributed by atoms with Gasteiger partial charge in [0.25, 0.3) is 0 Å². The fourth-order valence-electron chi connectivity index (χ4n) is 3.16. The SMILES string of the molecule is CCCCCCCCCOP(CCCCCCCCC)Oc1ccccc1. The number of hydrogen-bond donors (Lipinski definition) is 0. The van der Waals surface area contributed by atoms with E-state index < -0.39 is 8.38 Å². The molecule has 1 aromatic carbocycles. The van der Waals surface area contributed by atoms with Crippen LogP contribution in [0.4, 0.5) is 0 Å². The van der Waals surface area contributed by atoms with Crippen LogP contribution in [-0.4, -0.2) is 12.8 Å². The first kappa shape index (κ1) is 24.4. The Morgan fingerprint density at radius 1 is 0.630 bits per heavy atom. The van der Waals surface area contributed by atoms with Crippen molar-refractivity contribution in [3.63, 3.8) is 0 Å². The first-order chi connectivity index (χ1) is 13.4. The third-order valence-corrected chi connectivity index (χ3v) is 6.44. The molecule has 0 heterocycles. The van der Waals surface area contributed by atoms with Crippen LogP contribution in [0.25, 0.3) is 0 Å². The second kappa shape index (κ2) is 18.8. The highest BCUT2D eigenvalue weighted by atomic mass is 31.2. The van der Waals surface area contributed by atoms with Crippen LogP contribution in [0.3, 0.4) is 0 Å². The normalized spacial score (nSPS) is 12.2. The molecule has 0 aliphatic carbocycles. The van der Waals surface area contributed by atoms with Gasteiger partial charge in [-0.05, 0) is 25.0 Å². The van der Waals surface area contributed by atoms with Crippen molar-refractivity contribution >= 4 is 8.38 Å². The van der Waals surface area contributed by atoms with E-state index >= 15 is 0 Å². The molecule has 1 rings (SSSR count). The summed E-state index contributed by atoms with van der Waals surface area (Å²) in [6, 6.07) is 10.2. The fraction of sp³-hybridized carbons (Fsp3) is 0.750. The molecule has 1 atom stereocenters. The van der Waals surface area contributed by atoms with Crippen molar-refractivity contribution in [2.24, 2.45) is 0 Å². The minimum atomic E-state index is -0.795. The smallest absolute Gasteiger partial charge is 0.230 e. The number of para-hydroxylation sites is 1. The summed E-state index contributed by atoms with van der Waals surface area (Å²) in [5.74, 6) is 0.950. The highest BCUT2D eigenvalue weighted by molar-refractivity contribution is 7.47. The lowest BCUT2D eigenvalue weighted by molar-refractivity contribution is 0.301. The molecule has 0 saturated carbocycles. The first-order valence-corrected chi connectivity index (χ1v) is 12.9. The monoisotopic (exact) mass is 394 g/mol. The topological polar surface area (TPSA) is 18.5 Å². The molecule has 2 nitrogen and oxygen atoms in total. The third-order valence-electron chi connectivity index (χ3n) is 4.88. The van der Waals surface area contributed by atoms with E-state index in [2.05, 4.69) is 13.8 Å². The van der Waals surface area contributed by atoms with Gasteiger partial charge in [-0.15, -0.1) is 0 Å². The van der Waals surface area contributed by atoms with Gasteiger partial charge in [0.05, 0.1) is 6.61 Å². The maximum Gasteiger partial charge on any atom is 0.230 e. The van der Waals surface area contributed by atoms with Crippen LogP contribution in [0.5, 0.6) is 5.75 Å². The van der Waals surface area contributed by atoms with E-state index in [-0.39, 0.29) is 0 Å². The minimum Gasteiger partial charge on any atom is -0.447 e. The summed E-state index contributed by atoms with van der Waals surface area (Å²) in [4.78, 5) is 0. The zero-order valence-corrected chi connectivity index (χ0v) is 18.9. The molecule has 0 bridgehead atoms. The molecule has 0 N–H and O–H groups in total. The maximum absolute atomic E-state index is 6.16.